The van der Waals surface area contributed by atoms with E-state index in [1.165, 1.54) is 0 Å². The van der Waals surface area contributed by atoms with Gasteiger partial charge in [0.1, 0.15) is 24.4 Å². The number of ether oxygens (including phenoxy) is 2. The van der Waals surface area contributed by atoms with Crippen LogP contribution in [0.2, 0.25) is 0 Å². The number of cyclic esters (lactones) is 1. The number of halogens is 3. The molecule has 1 aromatic carbocycles. The Morgan fingerprint density at radius 3 is 2.69 bits per heavy atom. The van der Waals surface area contributed by atoms with Gasteiger partial charge in [0.2, 0.25) is 0 Å². The fourth-order valence-electron chi connectivity index (χ4n) is 3.42. The van der Waals surface area contributed by atoms with Crippen molar-refractivity contribution in [3.63, 3.8) is 0 Å². The van der Waals surface area contributed by atoms with Gasteiger partial charge in [-0.3, -0.25) is 0 Å². The molecule has 1 N–H and O–H groups in total. The van der Waals surface area contributed by atoms with Crippen molar-refractivity contribution in [2.75, 3.05) is 13.7 Å². The Balaban J connectivity index is 2.33. The lowest BCUT2D eigenvalue weighted by Gasteiger charge is -2.29. The molecule has 2 aliphatic rings. The fraction of sp³-hybridized carbons (Fsp3) is 0.333. The maximum atomic E-state index is 14.3. The van der Waals surface area contributed by atoms with Crippen LogP contribution in [-0.4, -0.2) is 25.7 Å². The summed E-state index contributed by atoms with van der Waals surface area (Å²) in [6.45, 7) is 2.58. The average molecular weight is 367 g/mol. The Morgan fingerprint density at radius 2 is 2.08 bits per heavy atom. The van der Waals surface area contributed by atoms with E-state index in [1.807, 2.05) is 0 Å². The molecular weight excluding hydrogens is 351 g/mol. The van der Waals surface area contributed by atoms with E-state index >= 15 is 0 Å². The SMILES string of the molecule is COC(=O)C1=C(C)NC2=C(C(=O)OC2)[C@@H]1c1cc(F)cc(F)c1[C@@H](C)F. The molecular formula is C18H16F3NO4. The Bertz CT molecular complexity index is 873. The largest absolute Gasteiger partial charge is 0.466 e. The van der Waals surface area contributed by atoms with E-state index in [0.717, 1.165) is 20.1 Å². The Morgan fingerprint density at radius 1 is 1.38 bits per heavy atom. The summed E-state index contributed by atoms with van der Waals surface area (Å²) in [5.41, 5.74) is 0.123. The highest BCUT2D eigenvalue weighted by molar-refractivity contribution is 6.01. The average Bonchev–Trinajstić information content (AvgIpc) is 2.92. The summed E-state index contributed by atoms with van der Waals surface area (Å²) in [6, 6.07) is 1.49. The van der Waals surface area contributed by atoms with E-state index in [-0.39, 0.29) is 23.3 Å². The molecule has 138 valence electrons. The number of hydrogen-bond donors (Lipinski definition) is 1. The number of esters is 2. The summed E-state index contributed by atoms with van der Waals surface area (Å²) in [7, 11) is 1.14. The van der Waals surface area contributed by atoms with Gasteiger partial charge in [-0.15, -0.1) is 0 Å². The van der Waals surface area contributed by atoms with Crippen molar-refractivity contribution in [3.8, 4) is 0 Å². The van der Waals surface area contributed by atoms with Gasteiger partial charge in [-0.05, 0) is 25.5 Å². The van der Waals surface area contributed by atoms with Gasteiger partial charge in [0.15, 0.2) is 0 Å². The zero-order chi connectivity index (χ0) is 19.2. The van der Waals surface area contributed by atoms with Crippen molar-refractivity contribution in [1.29, 1.82) is 0 Å². The second-order valence-electron chi connectivity index (χ2n) is 6.06. The zero-order valence-corrected chi connectivity index (χ0v) is 14.3. The molecule has 5 nitrogen and oxygen atoms in total. The number of hydrogen-bond acceptors (Lipinski definition) is 5. The first-order valence-electron chi connectivity index (χ1n) is 7.85. The molecule has 0 amide bonds. The first-order chi connectivity index (χ1) is 12.3. The lowest BCUT2D eigenvalue weighted by atomic mass is 9.78. The van der Waals surface area contributed by atoms with Gasteiger partial charge in [-0.2, -0.15) is 0 Å². The fourth-order valence-corrected chi connectivity index (χ4v) is 3.42. The minimum absolute atomic E-state index is 0.0166. The quantitative estimate of drug-likeness (QED) is 0.833. The lowest BCUT2D eigenvalue weighted by Crippen LogP contribution is -2.30. The molecule has 26 heavy (non-hydrogen) atoms. The van der Waals surface area contributed by atoms with Crippen LogP contribution < -0.4 is 5.32 Å². The molecule has 0 saturated carbocycles. The minimum atomic E-state index is -1.79. The van der Waals surface area contributed by atoms with Crippen LogP contribution in [0.15, 0.2) is 34.7 Å². The highest BCUT2D eigenvalue weighted by atomic mass is 19.1. The van der Waals surface area contributed by atoms with E-state index in [0.29, 0.717) is 17.5 Å². The maximum Gasteiger partial charge on any atom is 0.337 e. The van der Waals surface area contributed by atoms with Crippen molar-refractivity contribution in [2.24, 2.45) is 0 Å². The van der Waals surface area contributed by atoms with Crippen LogP contribution in [-0.2, 0) is 19.1 Å². The van der Waals surface area contributed by atoms with E-state index in [4.69, 9.17) is 9.47 Å². The van der Waals surface area contributed by atoms with Crippen LogP contribution in [0.5, 0.6) is 0 Å². The molecule has 0 radical (unpaired) electrons. The highest BCUT2D eigenvalue weighted by Crippen LogP contribution is 2.44. The van der Waals surface area contributed by atoms with Crippen LogP contribution in [0.3, 0.4) is 0 Å². The normalized spacial score (nSPS) is 20.5. The van der Waals surface area contributed by atoms with Crippen LogP contribution in [0.25, 0.3) is 0 Å². The zero-order valence-electron chi connectivity index (χ0n) is 14.3. The number of methoxy groups -OCH3 is 1. The second-order valence-corrected chi connectivity index (χ2v) is 6.06. The molecule has 8 heteroatoms. The molecule has 0 saturated heterocycles. The van der Waals surface area contributed by atoms with Gasteiger partial charge < -0.3 is 14.8 Å². The Kier molecular flexibility index (Phi) is 4.52. The molecule has 2 atom stereocenters. The number of rotatable bonds is 3. The predicted molar refractivity (Wildman–Crippen MR) is 84.5 cm³/mol. The van der Waals surface area contributed by atoms with Gasteiger partial charge in [0.25, 0.3) is 0 Å². The smallest absolute Gasteiger partial charge is 0.337 e. The number of dihydropyridines is 1. The Hall–Kier alpha value is -2.77. The molecule has 0 bridgehead atoms. The van der Waals surface area contributed by atoms with Gasteiger partial charge in [-0.1, -0.05) is 0 Å². The summed E-state index contributed by atoms with van der Waals surface area (Å²) in [6.07, 6.45) is -1.79. The van der Waals surface area contributed by atoms with Crippen molar-refractivity contribution in [1.82, 2.24) is 5.32 Å². The molecule has 3 rings (SSSR count). The highest BCUT2D eigenvalue weighted by Gasteiger charge is 2.43. The molecule has 0 spiro atoms. The van der Waals surface area contributed by atoms with Crippen molar-refractivity contribution in [3.05, 3.63) is 57.4 Å². The third-order valence-corrected chi connectivity index (χ3v) is 4.45. The summed E-state index contributed by atoms with van der Waals surface area (Å²) in [5.74, 6) is -4.78. The topological polar surface area (TPSA) is 64.6 Å². The summed E-state index contributed by atoms with van der Waals surface area (Å²) < 4.78 is 52.1. The molecule has 0 fully saturated rings. The van der Waals surface area contributed by atoms with Crippen LogP contribution in [0.1, 0.15) is 37.1 Å². The standard InChI is InChI=1S/C18H16F3NO4/c1-7(19)13-10(4-9(20)5-11(13)21)15-14(17(23)25-3)8(2)22-12-6-26-18(24)16(12)15/h4-5,7,15,22H,6H2,1-3H3/t7-,15-/m1/s1. The second kappa shape index (κ2) is 6.51. The van der Waals surface area contributed by atoms with Gasteiger partial charge in [0, 0.05) is 17.3 Å². The monoisotopic (exact) mass is 367 g/mol. The van der Waals surface area contributed by atoms with Crippen molar-refractivity contribution >= 4 is 11.9 Å². The summed E-state index contributed by atoms with van der Waals surface area (Å²) in [5, 5.41) is 2.88. The van der Waals surface area contributed by atoms with Gasteiger partial charge >= 0.3 is 11.9 Å². The third kappa shape index (κ3) is 2.75. The number of nitrogens with one attached hydrogen (secondary N) is 1. The van der Waals surface area contributed by atoms with E-state index < -0.39 is 41.2 Å². The third-order valence-electron chi connectivity index (χ3n) is 4.45. The molecule has 1 aromatic rings. The van der Waals surface area contributed by atoms with E-state index in [9.17, 15) is 22.8 Å². The number of alkyl halides is 1. The van der Waals surface area contributed by atoms with Crippen molar-refractivity contribution < 1.29 is 32.2 Å². The van der Waals surface area contributed by atoms with Gasteiger partial charge in [-0.25, -0.2) is 22.8 Å². The molecule has 2 heterocycles. The first kappa shape index (κ1) is 18.0. The maximum absolute atomic E-state index is 14.3. The Labute approximate surface area is 147 Å². The molecule has 0 aliphatic carbocycles. The number of carbonyl (C=O) groups excluding carboxylic acids is 2. The van der Waals surface area contributed by atoms with E-state index in [2.05, 4.69) is 5.32 Å². The summed E-state index contributed by atoms with van der Waals surface area (Å²) >= 11 is 0. The predicted octanol–water partition coefficient (Wildman–Crippen LogP) is 2.94. The van der Waals surface area contributed by atoms with E-state index in [1.54, 1.807) is 6.92 Å². The lowest BCUT2D eigenvalue weighted by molar-refractivity contribution is -0.136. The molecule has 0 unspecified atom stereocenters. The number of carbonyl (C=O) groups is 2. The van der Waals surface area contributed by atoms with Crippen LogP contribution >= 0.6 is 0 Å². The minimum Gasteiger partial charge on any atom is -0.466 e. The number of allylic oxidation sites excluding steroid dienone is 1. The summed E-state index contributed by atoms with van der Waals surface area (Å²) in [4.78, 5) is 24.6. The molecule has 2 aliphatic heterocycles. The van der Waals surface area contributed by atoms with Crippen molar-refractivity contribution in [2.45, 2.75) is 25.9 Å². The molecule has 0 aromatic heterocycles. The van der Waals surface area contributed by atoms with Crippen LogP contribution in [0.4, 0.5) is 13.2 Å². The first-order valence-corrected chi connectivity index (χ1v) is 7.85. The number of benzene rings is 1. The van der Waals surface area contributed by atoms with Gasteiger partial charge in [0.05, 0.1) is 29.9 Å². The van der Waals surface area contributed by atoms with Crippen LogP contribution in [0, 0.1) is 11.6 Å².